The molecular formula is C21H38N8O. The molecule has 0 saturated carbocycles. The van der Waals surface area contributed by atoms with Crippen LogP contribution in [-0.4, -0.2) is 82.2 Å². The van der Waals surface area contributed by atoms with E-state index in [2.05, 4.69) is 50.8 Å². The fourth-order valence-electron chi connectivity index (χ4n) is 3.98. The highest BCUT2D eigenvalue weighted by Crippen LogP contribution is 2.25. The van der Waals surface area contributed by atoms with Crippen molar-refractivity contribution in [1.29, 1.82) is 0 Å². The summed E-state index contributed by atoms with van der Waals surface area (Å²) in [6.07, 6.45) is 3.19. The predicted octanol–water partition coefficient (Wildman–Crippen LogP) is 2.29. The third kappa shape index (κ3) is 5.72. The predicted molar refractivity (Wildman–Crippen MR) is 122 cm³/mol. The van der Waals surface area contributed by atoms with E-state index in [1.54, 1.807) is 7.11 Å². The first kappa shape index (κ1) is 22.6. The molecule has 3 heterocycles. The van der Waals surface area contributed by atoms with E-state index in [4.69, 9.17) is 10.5 Å². The zero-order valence-electron chi connectivity index (χ0n) is 19.0. The lowest BCUT2D eigenvalue weighted by atomic mass is 10.2. The zero-order chi connectivity index (χ0) is 21.5. The van der Waals surface area contributed by atoms with Crippen LogP contribution >= 0.6 is 0 Å². The second-order valence-electron chi connectivity index (χ2n) is 8.52. The van der Waals surface area contributed by atoms with Crippen LogP contribution in [0.15, 0.2) is 0 Å². The number of aromatic nitrogens is 4. The van der Waals surface area contributed by atoms with Crippen molar-refractivity contribution in [3.63, 3.8) is 0 Å². The number of nitrogen functional groups attached to an aromatic ring is 1. The van der Waals surface area contributed by atoms with Gasteiger partial charge in [-0.25, -0.2) is 0 Å². The number of anilines is 2. The number of fused-ring (bicyclic) bond motifs is 1. The van der Waals surface area contributed by atoms with Crippen molar-refractivity contribution in [3.8, 4) is 6.01 Å². The second kappa shape index (κ2) is 10.8. The molecule has 0 atom stereocenters. The van der Waals surface area contributed by atoms with Crippen LogP contribution in [0.5, 0.6) is 6.01 Å². The van der Waals surface area contributed by atoms with Gasteiger partial charge in [-0.2, -0.15) is 15.0 Å². The van der Waals surface area contributed by atoms with Gasteiger partial charge in [-0.05, 0) is 25.3 Å². The van der Waals surface area contributed by atoms with Gasteiger partial charge in [0.1, 0.15) is 0 Å². The van der Waals surface area contributed by atoms with Gasteiger partial charge >= 0.3 is 0 Å². The summed E-state index contributed by atoms with van der Waals surface area (Å²) in [7, 11) is 1.63. The van der Waals surface area contributed by atoms with Crippen LogP contribution < -0.4 is 15.8 Å². The van der Waals surface area contributed by atoms with Crippen molar-refractivity contribution in [2.45, 2.75) is 46.6 Å². The molecular weight excluding hydrogens is 380 g/mol. The fraction of sp³-hybridized carbons (Fsp3) is 0.762. The quantitative estimate of drug-likeness (QED) is 0.537. The summed E-state index contributed by atoms with van der Waals surface area (Å²) in [5.74, 6) is 1.67. The number of imidazole rings is 1. The highest BCUT2D eigenvalue weighted by molar-refractivity contribution is 5.84. The first-order chi connectivity index (χ1) is 14.5. The SMILES string of the molecule is CCCCNc1nc(N)c2nc(OC)n(CCCN3CCN(CC(C)C)CC3)c2n1. The van der Waals surface area contributed by atoms with Crippen molar-refractivity contribution < 1.29 is 4.74 Å². The molecule has 168 valence electrons. The lowest BCUT2D eigenvalue weighted by Gasteiger charge is -2.35. The minimum absolute atomic E-state index is 0.386. The molecule has 0 unspecified atom stereocenters. The highest BCUT2D eigenvalue weighted by Gasteiger charge is 2.19. The van der Waals surface area contributed by atoms with Crippen molar-refractivity contribution in [3.05, 3.63) is 0 Å². The summed E-state index contributed by atoms with van der Waals surface area (Å²) < 4.78 is 7.53. The van der Waals surface area contributed by atoms with E-state index in [-0.39, 0.29) is 0 Å². The van der Waals surface area contributed by atoms with Gasteiger partial charge in [0.25, 0.3) is 6.01 Å². The van der Waals surface area contributed by atoms with E-state index in [0.29, 0.717) is 23.3 Å². The lowest BCUT2D eigenvalue weighted by molar-refractivity contribution is 0.120. The Morgan fingerprint density at radius 3 is 2.43 bits per heavy atom. The lowest BCUT2D eigenvalue weighted by Crippen LogP contribution is -2.47. The van der Waals surface area contributed by atoms with E-state index >= 15 is 0 Å². The molecule has 2 aromatic heterocycles. The van der Waals surface area contributed by atoms with Gasteiger partial charge in [0.2, 0.25) is 5.95 Å². The van der Waals surface area contributed by atoms with E-state index in [1.807, 2.05) is 4.57 Å². The average Bonchev–Trinajstić information content (AvgIpc) is 3.07. The Bertz CT molecular complexity index is 798. The maximum Gasteiger partial charge on any atom is 0.298 e. The van der Waals surface area contributed by atoms with Crippen molar-refractivity contribution in [2.75, 3.05) is 64.0 Å². The number of ether oxygens (including phenoxy) is 1. The Morgan fingerprint density at radius 2 is 1.77 bits per heavy atom. The Kier molecular flexibility index (Phi) is 8.09. The largest absolute Gasteiger partial charge is 0.468 e. The number of unbranched alkanes of at least 4 members (excludes halogenated alkanes) is 1. The van der Waals surface area contributed by atoms with E-state index in [9.17, 15) is 0 Å². The molecule has 30 heavy (non-hydrogen) atoms. The zero-order valence-corrected chi connectivity index (χ0v) is 19.0. The Balaban J connectivity index is 1.62. The van der Waals surface area contributed by atoms with Crippen LogP contribution in [0.1, 0.15) is 40.0 Å². The molecule has 9 heteroatoms. The molecule has 0 spiro atoms. The Hall–Kier alpha value is -2.13. The first-order valence-electron chi connectivity index (χ1n) is 11.3. The summed E-state index contributed by atoms with van der Waals surface area (Å²) >= 11 is 0. The minimum atomic E-state index is 0.386. The van der Waals surface area contributed by atoms with Crippen LogP contribution in [-0.2, 0) is 6.54 Å². The van der Waals surface area contributed by atoms with Gasteiger partial charge in [0.05, 0.1) is 7.11 Å². The van der Waals surface area contributed by atoms with Crippen molar-refractivity contribution in [1.82, 2.24) is 29.3 Å². The highest BCUT2D eigenvalue weighted by atomic mass is 16.5. The number of rotatable bonds is 11. The normalized spacial score (nSPS) is 15.9. The van der Waals surface area contributed by atoms with Crippen LogP contribution in [0.25, 0.3) is 11.2 Å². The molecule has 0 bridgehead atoms. The summed E-state index contributed by atoms with van der Waals surface area (Å²) in [5.41, 5.74) is 7.50. The summed E-state index contributed by atoms with van der Waals surface area (Å²) in [5, 5.41) is 3.26. The van der Waals surface area contributed by atoms with Gasteiger partial charge in [-0.1, -0.05) is 27.2 Å². The smallest absolute Gasteiger partial charge is 0.298 e. The van der Waals surface area contributed by atoms with E-state index in [1.165, 1.54) is 6.54 Å². The second-order valence-corrected chi connectivity index (χ2v) is 8.52. The molecule has 0 radical (unpaired) electrons. The number of nitrogens with zero attached hydrogens (tertiary/aromatic N) is 6. The molecule has 0 aromatic carbocycles. The monoisotopic (exact) mass is 418 g/mol. The number of methoxy groups -OCH3 is 1. The third-order valence-corrected chi connectivity index (χ3v) is 5.53. The molecule has 2 aromatic rings. The van der Waals surface area contributed by atoms with Crippen LogP contribution in [0.4, 0.5) is 11.8 Å². The van der Waals surface area contributed by atoms with Crippen LogP contribution in [0, 0.1) is 5.92 Å². The molecule has 1 fully saturated rings. The minimum Gasteiger partial charge on any atom is -0.468 e. The Labute approximate surface area is 180 Å². The number of hydrogen-bond donors (Lipinski definition) is 2. The standard InChI is InChI=1S/C21H38N8O/c1-5-6-8-23-20-25-18(22)17-19(26-20)29(21(24-17)30-4)10-7-9-27-11-13-28(14-12-27)15-16(2)3/h16H,5-15H2,1-4H3,(H3,22,23,25,26). The summed E-state index contributed by atoms with van der Waals surface area (Å²) in [6, 6.07) is 0.540. The van der Waals surface area contributed by atoms with E-state index < -0.39 is 0 Å². The number of piperazine rings is 1. The van der Waals surface area contributed by atoms with Crippen molar-refractivity contribution >= 4 is 22.9 Å². The van der Waals surface area contributed by atoms with Gasteiger partial charge in [0.15, 0.2) is 17.0 Å². The molecule has 3 rings (SSSR count). The summed E-state index contributed by atoms with van der Waals surface area (Å²) in [4.78, 5) is 18.7. The molecule has 1 saturated heterocycles. The molecule has 1 aliphatic heterocycles. The van der Waals surface area contributed by atoms with Gasteiger partial charge < -0.3 is 25.6 Å². The summed E-state index contributed by atoms with van der Waals surface area (Å²) in [6.45, 7) is 15.2. The maximum absolute atomic E-state index is 6.16. The van der Waals surface area contributed by atoms with Gasteiger partial charge in [0, 0.05) is 45.8 Å². The average molecular weight is 419 g/mol. The molecule has 1 aliphatic rings. The van der Waals surface area contributed by atoms with Crippen molar-refractivity contribution in [2.24, 2.45) is 5.92 Å². The number of nitrogens with two attached hydrogens (primary N) is 1. The molecule has 0 amide bonds. The third-order valence-electron chi connectivity index (χ3n) is 5.53. The first-order valence-corrected chi connectivity index (χ1v) is 11.3. The fourth-order valence-corrected chi connectivity index (χ4v) is 3.98. The van der Waals surface area contributed by atoms with E-state index in [0.717, 1.165) is 76.6 Å². The van der Waals surface area contributed by atoms with Crippen LogP contribution in [0.2, 0.25) is 0 Å². The number of nitrogens with one attached hydrogen (secondary N) is 1. The van der Waals surface area contributed by atoms with Gasteiger partial charge in [-0.3, -0.25) is 4.57 Å². The molecule has 0 aliphatic carbocycles. The topological polar surface area (TPSA) is 97.4 Å². The maximum atomic E-state index is 6.16. The van der Waals surface area contributed by atoms with Gasteiger partial charge in [-0.15, -0.1) is 0 Å². The number of aryl methyl sites for hydroxylation is 1. The Morgan fingerprint density at radius 1 is 1.03 bits per heavy atom. The molecule has 9 nitrogen and oxygen atoms in total. The number of hydrogen-bond acceptors (Lipinski definition) is 8. The molecule has 3 N–H and O–H groups in total. The van der Waals surface area contributed by atoms with Crippen LogP contribution in [0.3, 0.4) is 0 Å².